The van der Waals surface area contributed by atoms with Crippen LogP contribution in [0.1, 0.15) is 32.1 Å². The van der Waals surface area contributed by atoms with Gasteiger partial charge in [0.25, 0.3) is 0 Å². The van der Waals surface area contributed by atoms with E-state index in [-0.39, 0.29) is 24.6 Å². The van der Waals surface area contributed by atoms with E-state index < -0.39 is 11.9 Å². The van der Waals surface area contributed by atoms with Gasteiger partial charge in [-0.2, -0.15) is 0 Å². The van der Waals surface area contributed by atoms with Crippen LogP contribution in [-0.4, -0.2) is 31.1 Å². The molecule has 7 nitrogen and oxygen atoms in total. The molecule has 0 bridgehead atoms. The van der Waals surface area contributed by atoms with E-state index in [9.17, 15) is 9.59 Å². The van der Waals surface area contributed by atoms with Crippen LogP contribution in [0.4, 0.5) is 0 Å². The molecule has 30 heavy (non-hydrogen) atoms. The third-order valence-electron chi connectivity index (χ3n) is 4.27. The molecule has 0 unspecified atom stereocenters. The summed E-state index contributed by atoms with van der Waals surface area (Å²) in [6.45, 7) is 0.0417. The summed E-state index contributed by atoms with van der Waals surface area (Å²) >= 11 is 0. The SMILES string of the molecule is COc1ccccc1COC(=O)c1cccc(C(=O)OCc2ccccc2OC)n1. The summed E-state index contributed by atoms with van der Waals surface area (Å²) in [6, 6.07) is 18.9. The van der Waals surface area contributed by atoms with Crippen molar-refractivity contribution in [3.05, 3.63) is 89.2 Å². The number of hydrogen-bond donors (Lipinski definition) is 0. The number of carbonyl (C=O) groups is 2. The number of methoxy groups -OCH3 is 2. The molecule has 3 rings (SSSR count). The number of aromatic nitrogens is 1. The fraction of sp³-hybridized carbons (Fsp3) is 0.174. The molecule has 0 aliphatic heterocycles. The van der Waals surface area contributed by atoms with Crippen LogP contribution in [-0.2, 0) is 22.7 Å². The summed E-state index contributed by atoms with van der Waals surface area (Å²) < 4.78 is 21.1. The lowest BCUT2D eigenvalue weighted by Crippen LogP contribution is -2.13. The van der Waals surface area contributed by atoms with Gasteiger partial charge >= 0.3 is 11.9 Å². The van der Waals surface area contributed by atoms with E-state index >= 15 is 0 Å². The zero-order valence-electron chi connectivity index (χ0n) is 16.7. The summed E-state index contributed by atoms with van der Waals surface area (Å²) in [6.07, 6.45) is 0. The van der Waals surface area contributed by atoms with E-state index in [1.54, 1.807) is 44.6 Å². The first-order valence-corrected chi connectivity index (χ1v) is 9.17. The Labute approximate surface area is 174 Å². The highest BCUT2D eigenvalue weighted by Crippen LogP contribution is 2.20. The third-order valence-corrected chi connectivity index (χ3v) is 4.27. The molecular weight excluding hydrogens is 386 g/mol. The van der Waals surface area contributed by atoms with Crippen molar-refractivity contribution < 1.29 is 28.5 Å². The lowest BCUT2D eigenvalue weighted by molar-refractivity contribution is 0.0454. The van der Waals surface area contributed by atoms with Crippen LogP contribution in [0.25, 0.3) is 0 Å². The third kappa shape index (κ3) is 5.14. The monoisotopic (exact) mass is 407 g/mol. The Morgan fingerprint density at radius 3 is 1.53 bits per heavy atom. The van der Waals surface area contributed by atoms with E-state index in [2.05, 4.69) is 4.98 Å². The minimum atomic E-state index is -0.653. The van der Waals surface area contributed by atoms with Crippen molar-refractivity contribution in [1.82, 2.24) is 4.98 Å². The summed E-state index contributed by atoms with van der Waals surface area (Å²) in [5.41, 5.74) is 1.47. The van der Waals surface area contributed by atoms with Crippen LogP contribution >= 0.6 is 0 Å². The topological polar surface area (TPSA) is 84.0 Å². The lowest BCUT2D eigenvalue weighted by atomic mass is 10.2. The van der Waals surface area contributed by atoms with Gasteiger partial charge in [-0.1, -0.05) is 42.5 Å². The Hall–Kier alpha value is -3.87. The Bertz CT molecular complexity index is 955. The molecule has 3 aromatic rings. The van der Waals surface area contributed by atoms with E-state index in [0.29, 0.717) is 11.5 Å². The van der Waals surface area contributed by atoms with Gasteiger partial charge in [0.05, 0.1) is 14.2 Å². The molecule has 0 aliphatic carbocycles. The molecule has 1 aromatic heterocycles. The number of pyridine rings is 1. The van der Waals surface area contributed by atoms with Gasteiger partial charge in [0.15, 0.2) is 0 Å². The molecule has 0 fully saturated rings. The molecule has 0 N–H and O–H groups in total. The van der Waals surface area contributed by atoms with Gasteiger partial charge in [-0.25, -0.2) is 14.6 Å². The second-order valence-corrected chi connectivity index (χ2v) is 6.18. The molecule has 154 valence electrons. The Balaban J connectivity index is 1.63. The number of benzene rings is 2. The molecule has 7 heteroatoms. The molecular formula is C23H21NO6. The molecule has 1 heterocycles. The quantitative estimate of drug-likeness (QED) is 0.525. The first-order chi connectivity index (χ1) is 14.6. The summed E-state index contributed by atoms with van der Waals surface area (Å²) in [7, 11) is 3.09. The Morgan fingerprint density at radius 1 is 0.667 bits per heavy atom. The average Bonchev–Trinajstić information content (AvgIpc) is 2.81. The van der Waals surface area contributed by atoms with Crippen molar-refractivity contribution in [2.24, 2.45) is 0 Å². The van der Waals surface area contributed by atoms with Crippen molar-refractivity contribution >= 4 is 11.9 Å². The van der Waals surface area contributed by atoms with E-state index in [0.717, 1.165) is 11.1 Å². The number of para-hydroxylation sites is 2. The predicted molar refractivity (Wildman–Crippen MR) is 108 cm³/mol. The largest absolute Gasteiger partial charge is 0.496 e. The average molecular weight is 407 g/mol. The van der Waals surface area contributed by atoms with Crippen LogP contribution < -0.4 is 9.47 Å². The number of ether oxygens (including phenoxy) is 4. The van der Waals surface area contributed by atoms with E-state index in [1.807, 2.05) is 24.3 Å². The van der Waals surface area contributed by atoms with Gasteiger partial charge in [-0.05, 0) is 24.3 Å². The fourth-order valence-corrected chi connectivity index (χ4v) is 2.74. The normalized spacial score (nSPS) is 10.2. The molecule has 0 saturated heterocycles. The molecule has 0 saturated carbocycles. The van der Waals surface area contributed by atoms with E-state index in [1.165, 1.54) is 12.1 Å². The molecule has 0 aliphatic rings. The summed E-state index contributed by atoms with van der Waals surface area (Å²) in [4.78, 5) is 28.8. The van der Waals surface area contributed by atoms with Gasteiger partial charge in [0.1, 0.15) is 36.1 Å². The highest BCUT2D eigenvalue weighted by Gasteiger charge is 2.16. The highest BCUT2D eigenvalue weighted by molar-refractivity contribution is 5.91. The Morgan fingerprint density at radius 2 is 1.10 bits per heavy atom. The van der Waals surface area contributed by atoms with Crippen LogP contribution in [0.3, 0.4) is 0 Å². The maximum atomic E-state index is 12.4. The fourth-order valence-electron chi connectivity index (χ4n) is 2.74. The van der Waals surface area contributed by atoms with E-state index in [4.69, 9.17) is 18.9 Å². The predicted octanol–water partition coefficient (Wildman–Crippen LogP) is 3.81. The van der Waals surface area contributed by atoms with Crippen molar-refractivity contribution in [2.75, 3.05) is 14.2 Å². The molecule has 0 spiro atoms. The Kier molecular flexibility index (Phi) is 7.00. The number of hydrogen-bond acceptors (Lipinski definition) is 7. The molecule has 0 amide bonds. The smallest absolute Gasteiger partial charge is 0.357 e. The van der Waals surface area contributed by atoms with Crippen molar-refractivity contribution in [2.45, 2.75) is 13.2 Å². The second kappa shape index (κ2) is 10.1. The number of carbonyl (C=O) groups excluding carboxylic acids is 2. The van der Waals surface area contributed by atoms with Gasteiger partial charge < -0.3 is 18.9 Å². The molecule has 2 aromatic carbocycles. The first kappa shape index (κ1) is 20.9. The standard InChI is InChI=1S/C23H21NO6/c1-27-20-12-5-3-8-16(20)14-29-22(25)18-10-7-11-19(24-18)23(26)30-15-17-9-4-6-13-21(17)28-2/h3-13H,14-15H2,1-2H3. The van der Waals surface area contributed by atoms with Gasteiger partial charge in [-0.3, -0.25) is 0 Å². The van der Waals surface area contributed by atoms with Crippen LogP contribution in [0.15, 0.2) is 66.7 Å². The van der Waals surface area contributed by atoms with Gasteiger partial charge in [-0.15, -0.1) is 0 Å². The van der Waals surface area contributed by atoms with Crippen molar-refractivity contribution in [1.29, 1.82) is 0 Å². The van der Waals surface area contributed by atoms with Gasteiger partial charge in [0.2, 0.25) is 0 Å². The number of esters is 2. The first-order valence-electron chi connectivity index (χ1n) is 9.17. The second-order valence-electron chi connectivity index (χ2n) is 6.18. The maximum Gasteiger partial charge on any atom is 0.357 e. The molecule has 0 radical (unpaired) electrons. The zero-order chi connectivity index (χ0) is 21.3. The van der Waals surface area contributed by atoms with Gasteiger partial charge in [0, 0.05) is 11.1 Å². The number of rotatable bonds is 8. The van der Waals surface area contributed by atoms with Crippen molar-refractivity contribution in [3.63, 3.8) is 0 Å². The molecule has 0 atom stereocenters. The minimum absolute atomic E-state index is 0.0108. The summed E-state index contributed by atoms with van der Waals surface area (Å²) in [5, 5.41) is 0. The van der Waals surface area contributed by atoms with Crippen molar-refractivity contribution in [3.8, 4) is 11.5 Å². The number of nitrogens with zero attached hydrogens (tertiary/aromatic N) is 1. The minimum Gasteiger partial charge on any atom is -0.496 e. The maximum absolute atomic E-state index is 12.4. The summed E-state index contributed by atoms with van der Waals surface area (Å²) in [5.74, 6) is -0.0700. The van der Waals surface area contributed by atoms with Crippen LogP contribution in [0, 0.1) is 0 Å². The lowest BCUT2D eigenvalue weighted by Gasteiger charge is -2.10. The highest BCUT2D eigenvalue weighted by atomic mass is 16.5. The van der Waals surface area contributed by atoms with Crippen LogP contribution in [0.2, 0.25) is 0 Å². The van der Waals surface area contributed by atoms with Crippen LogP contribution in [0.5, 0.6) is 11.5 Å². The zero-order valence-corrected chi connectivity index (χ0v) is 16.7.